The number of benzene rings is 2. The van der Waals surface area contributed by atoms with Gasteiger partial charge < -0.3 is 34.5 Å². The normalized spacial score (nSPS) is 15.0. The van der Waals surface area contributed by atoms with Crippen LogP contribution in [0.2, 0.25) is 0 Å². The summed E-state index contributed by atoms with van der Waals surface area (Å²) in [6, 6.07) is 11.6. The molecule has 12 heteroatoms. The Morgan fingerprint density at radius 3 is 2.56 bits per heavy atom. The van der Waals surface area contributed by atoms with Crippen molar-refractivity contribution in [3.05, 3.63) is 54.2 Å². The average molecular weight is 544 g/mol. The van der Waals surface area contributed by atoms with Gasteiger partial charge in [-0.25, -0.2) is 4.98 Å². The minimum atomic E-state index is -2.90. The van der Waals surface area contributed by atoms with Crippen molar-refractivity contribution in [3.63, 3.8) is 0 Å². The fourth-order valence-electron chi connectivity index (χ4n) is 4.43. The van der Waals surface area contributed by atoms with Crippen LogP contribution in [0.5, 0.6) is 23.0 Å². The van der Waals surface area contributed by atoms with E-state index >= 15 is 0 Å². The summed E-state index contributed by atoms with van der Waals surface area (Å²) in [4.78, 5) is 23.9. The monoisotopic (exact) mass is 543 g/mol. The largest absolute Gasteiger partial charge is 0.493 e. The van der Waals surface area contributed by atoms with E-state index in [1.807, 2.05) is 4.90 Å². The molecular formula is C27H31F2N5O5. The molecule has 10 nitrogen and oxygen atoms in total. The van der Waals surface area contributed by atoms with Crippen molar-refractivity contribution < 1.29 is 32.5 Å². The number of halogens is 2. The van der Waals surface area contributed by atoms with Crippen molar-refractivity contribution >= 4 is 23.4 Å². The topological polar surface area (TPSA) is 107 Å². The zero-order chi connectivity index (χ0) is 27.8. The van der Waals surface area contributed by atoms with Crippen molar-refractivity contribution in [1.82, 2.24) is 15.3 Å². The molecule has 1 atom stereocenters. The SMILES string of the molecule is COc1cc(Nc2nccc(N3CCCC(C(=O)NCc4cccc(OC(F)F)c4)C3)n2)cc(OC)c1OC. The maximum absolute atomic E-state index is 12.9. The van der Waals surface area contributed by atoms with E-state index < -0.39 is 6.61 Å². The minimum Gasteiger partial charge on any atom is -0.493 e. The predicted molar refractivity (Wildman–Crippen MR) is 141 cm³/mol. The fraction of sp³-hybridized carbons (Fsp3) is 0.370. The van der Waals surface area contributed by atoms with Crippen LogP contribution in [0.15, 0.2) is 48.7 Å². The standard InChI is InChI=1S/C27H31F2N5O5/c1-36-21-13-19(14-22(37-2)24(21)38-3)32-27-30-10-9-23(33-27)34-11-5-7-18(16-34)25(35)31-15-17-6-4-8-20(12-17)39-26(28)29/h4,6,8-10,12-14,18,26H,5,7,11,15-16H2,1-3H3,(H,31,35)(H,30,32,33). The van der Waals surface area contributed by atoms with E-state index in [0.717, 1.165) is 19.4 Å². The number of aromatic nitrogens is 2. The highest BCUT2D eigenvalue weighted by Gasteiger charge is 2.27. The Hall–Kier alpha value is -4.35. The molecule has 1 aliphatic rings. The number of nitrogens with one attached hydrogen (secondary N) is 2. The third kappa shape index (κ3) is 7.15. The highest BCUT2D eigenvalue weighted by atomic mass is 19.3. The highest BCUT2D eigenvalue weighted by Crippen LogP contribution is 2.40. The number of rotatable bonds is 11. The molecule has 1 amide bonds. The molecule has 2 N–H and O–H groups in total. The van der Waals surface area contributed by atoms with E-state index in [4.69, 9.17) is 14.2 Å². The quantitative estimate of drug-likeness (QED) is 0.364. The first-order valence-electron chi connectivity index (χ1n) is 12.4. The summed E-state index contributed by atoms with van der Waals surface area (Å²) in [6.45, 7) is -1.45. The molecule has 208 valence electrons. The van der Waals surface area contributed by atoms with Gasteiger partial charge in [0, 0.05) is 43.7 Å². The summed E-state index contributed by atoms with van der Waals surface area (Å²) < 4.78 is 45.6. The first-order chi connectivity index (χ1) is 18.9. The molecule has 39 heavy (non-hydrogen) atoms. The molecule has 1 fully saturated rings. The number of carbonyl (C=O) groups is 1. The zero-order valence-electron chi connectivity index (χ0n) is 21.9. The molecule has 1 saturated heterocycles. The number of ether oxygens (including phenoxy) is 4. The molecular weight excluding hydrogens is 512 g/mol. The van der Waals surface area contributed by atoms with Crippen molar-refractivity contribution in [2.75, 3.05) is 44.6 Å². The van der Waals surface area contributed by atoms with E-state index in [9.17, 15) is 13.6 Å². The third-order valence-corrected chi connectivity index (χ3v) is 6.27. The molecule has 0 spiro atoms. The number of anilines is 3. The summed E-state index contributed by atoms with van der Waals surface area (Å²) in [7, 11) is 4.62. The molecule has 0 saturated carbocycles. The van der Waals surface area contributed by atoms with Gasteiger partial charge in [-0.2, -0.15) is 13.8 Å². The van der Waals surface area contributed by atoms with E-state index in [0.29, 0.717) is 46.8 Å². The molecule has 0 bridgehead atoms. The van der Waals surface area contributed by atoms with Gasteiger partial charge >= 0.3 is 6.61 Å². The molecule has 2 heterocycles. The number of nitrogens with zero attached hydrogens (tertiary/aromatic N) is 3. The van der Waals surface area contributed by atoms with Crippen molar-refractivity contribution in [2.45, 2.75) is 26.0 Å². The van der Waals surface area contributed by atoms with Crippen LogP contribution >= 0.6 is 0 Å². The summed E-state index contributed by atoms with van der Waals surface area (Å²) in [6.07, 6.45) is 3.20. The Kier molecular flexibility index (Phi) is 9.18. The van der Waals surface area contributed by atoms with Crippen LogP contribution in [0.25, 0.3) is 0 Å². The van der Waals surface area contributed by atoms with Gasteiger partial charge in [0.15, 0.2) is 11.5 Å². The predicted octanol–water partition coefficient (Wildman–Crippen LogP) is 4.38. The molecule has 4 rings (SSSR count). The van der Waals surface area contributed by atoms with Gasteiger partial charge in [-0.15, -0.1) is 0 Å². The lowest BCUT2D eigenvalue weighted by Gasteiger charge is -2.33. The molecule has 2 aromatic carbocycles. The Morgan fingerprint density at radius 2 is 1.87 bits per heavy atom. The molecule has 1 aromatic heterocycles. The van der Waals surface area contributed by atoms with Crippen LogP contribution in [0, 0.1) is 5.92 Å². The van der Waals surface area contributed by atoms with E-state index in [2.05, 4.69) is 25.3 Å². The molecule has 1 unspecified atom stereocenters. The number of hydrogen-bond donors (Lipinski definition) is 2. The third-order valence-electron chi connectivity index (χ3n) is 6.27. The highest BCUT2D eigenvalue weighted by molar-refractivity contribution is 5.79. The number of amides is 1. The van der Waals surface area contributed by atoms with Crippen molar-refractivity contribution in [3.8, 4) is 23.0 Å². The second-order valence-corrected chi connectivity index (χ2v) is 8.81. The number of hydrogen-bond acceptors (Lipinski definition) is 9. The first kappa shape index (κ1) is 27.7. The Labute approximate surface area is 225 Å². The number of carbonyl (C=O) groups excluding carboxylic acids is 1. The Bertz CT molecular complexity index is 1250. The van der Waals surface area contributed by atoms with Gasteiger partial charge in [0.25, 0.3) is 0 Å². The van der Waals surface area contributed by atoms with E-state index in [1.165, 1.54) is 19.2 Å². The van der Waals surface area contributed by atoms with Crippen LogP contribution in [0.1, 0.15) is 18.4 Å². The summed E-state index contributed by atoms with van der Waals surface area (Å²) >= 11 is 0. The van der Waals surface area contributed by atoms with Crippen molar-refractivity contribution in [1.29, 1.82) is 0 Å². The summed E-state index contributed by atoms with van der Waals surface area (Å²) in [5.41, 5.74) is 1.33. The van der Waals surface area contributed by atoms with Gasteiger partial charge in [0.05, 0.1) is 27.2 Å². The molecule has 0 aliphatic carbocycles. The van der Waals surface area contributed by atoms with Crippen LogP contribution in [0.3, 0.4) is 0 Å². The van der Waals surface area contributed by atoms with Gasteiger partial charge in [0.1, 0.15) is 11.6 Å². The van der Waals surface area contributed by atoms with Gasteiger partial charge in [-0.3, -0.25) is 4.79 Å². The second kappa shape index (κ2) is 12.9. The van der Waals surface area contributed by atoms with Gasteiger partial charge in [0.2, 0.25) is 17.6 Å². The second-order valence-electron chi connectivity index (χ2n) is 8.81. The van der Waals surface area contributed by atoms with Crippen LogP contribution < -0.4 is 34.5 Å². The van der Waals surface area contributed by atoms with E-state index in [1.54, 1.807) is 50.7 Å². The molecule has 1 aliphatic heterocycles. The van der Waals surface area contributed by atoms with Crippen molar-refractivity contribution in [2.24, 2.45) is 5.92 Å². The summed E-state index contributed by atoms with van der Waals surface area (Å²) in [5.74, 6) is 2.23. The Morgan fingerprint density at radius 1 is 1.10 bits per heavy atom. The van der Waals surface area contributed by atoms with E-state index in [-0.39, 0.29) is 24.1 Å². The average Bonchev–Trinajstić information content (AvgIpc) is 2.95. The first-order valence-corrected chi connectivity index (χ1v) is 12.4. The molecule has 3 aromatic rings. The number of alkyl halides is 2. The lowest BCUT2D eigenvalue weighted by molar-refractivity contribution is -0.125. The van der Waals surface area contributed by atoms with Crippen LogP contribution in [-0.4, -0.2) is 56.9 Å². The van der Waals surface area contributed by atoms with Crippen LogP contribution in [0.4, 0.5) is 26.2 Å². The minimum absolute atomic E-state index is 0.0558. The fourth-order valence-corrected chi connectivity index (χ4v) is 4.43. The maximum atomic E-state index is 12.9. The Balaban J connectivity index is 1.40. The smallest absolute Gasteiger partial charge is 0.387 e. The maximum Gasteiger partial charge on any atom is 0.387 e. The zero-order valence-corrected chi connectivity index (χ0v) is 21.9. The number of piperidine rings is 1. The lowest BCUT2D eigenvalue weighted by atomic mass is 9.97. The van der Waals surface area contributed by atoms with Gasteiger partial charge in [-0.1, -0.05) is 12.1 Å². The van der Waals surface area contributed by atoms with Crippen LogP contribution in [-0.2, 0) is 11.3 Å². The summed E-state index contributed by atoms with van der Waals surface area (Å²) in [5, 5.41) is 6.08. The number of methoxy groups -OCH3 is 3. The molecule has 0 radical (unpaired) electrons. The lowest BCUT2D eigenvalue weighted by Crippen LogP contribution is -2.43. The van der Waals surface area contributed by atoms with Gasteiger partial charge in [-0.05, 0) is 36.6 Å².